The summed E-state index contributed by atoms with van der Waals surface area (Å²) in [5, 5.41) is 7.16. The fraction of sp³-hybridized carbons (Fsp3) is 0.148. The fourth-order valence-electron chi connectivity index (χ4n) is 4.15. The first-order valence-electron chi connectivity index (χ1n) is 11.1. The number of carbonyl (C=O) groups excluding carboxylic acids is 1. The number of aromatic nitrogens is 2. The first-order chi connectivity index (χ1) is 16.9. The summed E-state index contributed by atoms with van der Waals surface area (Å²) in [6.07, 6.45) is 0. The van der Waals surface area contributed by atoms with Gasteiger partial charge in [-0.25, -0.2) is 9.18 Å². The summed E-state index contributed by atoms with van der Waals surface area (Å²) in [7, 11) is 1.59. The van der Waals surface area contributed by atoms with Crippen LogP contribution in [-0.2, 0) is 0 Å². The lowest BCUT2D eigenvalue weighted by Crippen LogP contribution is -2.46. The fourth-order valence-corrected chi connectivity index (χ4v) is 4.15. The van der Waals surface area contributed by atoms with Gasteiger partial charge in [0.2, 0.25) is 5.82 Å². The van der Waals surface area contributed by atoms with E-state index in [9.17, 15) is 9.18 Å². The highest BCUT2D eigenvalue weighted by molar-refractivity contribution is 6.01. The quantitative estimate of drug-likeness (QED) is 0.393. The molecular formula is C27H23FN4O3. The molecule has 0 bridgehead atoms. The van der Waals surface area contributed by atoms with E-state index in [1.165, 1.54) is 12.1 Å². The van der Waals surface area contributed by atoms with Gasteiger partial charge in [0.15, 0.2) is 0 Å². The van der Waals surface area contributed by atoms with E-state index in [1.807, 2.05) is 38.1 Å². The van der Waals surface area contributed by atoms with Crippen LogP contribution in [0.3, 0.4) is 0 Å². The lowest BCUT2D eigenvalue weighted by Gasteiger charge is -2.35. The number of rotatable bonds is 5. The Bertz CT molecular complexity index is 1410. The molecule has 0 saturated heterocycles. The molecular weight excluding hydrogens is 447 g/mol. The van der Waals surface area contributed by atoms with Gasteiger partial charge in [0.05, 0.1) is 24.4 Å². The van der Waals surface area contributed by atoms with Crippen molar-refractivity contribution in [1.82, 2.24) is 15.5 Å². The summed E-state index contributed by atoms with van der Waals surface area (Å²) in [6.45, 7) is 3.84. The first kappa shape index (κ1) is 22.3. The van der Waals surface area contributed by atoms with E-state index in [0.717, 1.165) is 11.1 Å². The number of hydrogen-bond donors (Lipinski definition) is 1. The molecule has 8 heteroatoms. The minimum atomic E-state index is -0.515. The van der Waals surface area contributed by atoms with Gasteiger partial charge >= 0.3 is 6.03 Å². The number of benzene rings is 3. The molecule has 5 rings (SSSR count). The molecule has 7 nitrogen and oxygen atoms in total. The second kappa shape index (κ2) is 9.06. The van der Waals surface area contributed by atoms with Crippen molar-refractivity contribution in [1.29, 1.82) is 0 Å². The van der Waals surface area contributed by atoms with Crippen molar-refractivity contribution in [2.45, 2.75) is 19.9 Å². The number of halogens is 1. The highest BCUT2D eigenvalue weighted by Crippen LogP contribution is 2.39. The average molecular weight is 471 g/mol. The number of nitrogens with zero attached hydrogens (tertiary/aromatic N) is 3. The molecule has 1 atom stereocenters. The zero-order chi connectivity index (χ0) is 24.5. The third-order valence-corrected chi connectivity index (χ3v) is 5.97. The zero-order valence-electron chi connectivity index (χ0n) is 19.4. The van der Waals surface area contributed by atoms with Crippen LogP contribution in [0, 0.1) is 12.7 Å². The van der Waals surface area contributed by atoms with Crippen LogP contribution in [0.25, 0.3) is 17.0 Å². The van der Waals surface area contributed by atoms with E-state index >= 15 is 0 Å². The van der Waals surface area contributed by atoms with Gasteiger partial charge in [-0.1, -0.05) is 47.1 Å². The SMILES string of the molecule is COc1ccc(N2C(=O)NC(c3ccc(C)cc3)C(c3nc(-c4cccc(F)c4)no3)=C2C)cc1. The number of allylic oxidation sites excluding steroid dienone is 1. The van der Waals surface area contributed by atoms with Crippen LogP contribution < -0.4 is 15.0 Å². The molecule has 0 saturated carbocycles. The molecule has 2 heterocycles. The van der Waals surface area contributed by atoms with Crippen molar-refractivity contribution in [2.24, 2.45) is 0 Å². The second-order valence-corrected chi connectivity index (χ2v) is 8.26. The molecule has 4 aromatic rings. The zero-order valence-corrected chi connectivity index (χ0v) is 19.4. The topological polar surface area (TPSA) is 80.5 Å². The number of ether oxygens (including phenoxy) is 1. The van der Waals surface area contributed by atoms with E-state index in [1.54, 1.807) is 48.4 Å². The molecule has 0 spiro atoms. The number of aryl methyl sites for hydroxylation is 1. The standard InChI is InChI=1S/C27H23FN4O3/c1-16-7-9-18(10-8-16)24-23(26-30-25(31-35-26)19-5-4-6-20(28)15-19)17(2)32(27(33)29-24)21-11-13-22(34-3)14-12-21/h4-15,24H,1-3H3,(H,29,33). The summed E-state index contributed by atoms with van der Waals surface area (Å²) in [5.74, 6) is 0.792. The molecule has 0 fully saturated rings. The summed E-state index contributed by atoms with van der Waals surface area (Å²) >= 11 is 0. The van der Waals surface area contributed by atoms with Crippen LogP contribution in [0.1, 0.15) is 30.0 Å². The van der Waals surface area contributed by atoms with Crippen LogP contribution in [0.4, 0.5) is 14.9 Å². The lowest BCUT2D eigenvalue weighted by atomic mass is 9.94. The van der Waals surface area contributed by atoms with Gasteiger partial charge in [0.1, 0.15) is 11.6 Å². The number of carbonyl (C=O) groups is 1. The monoisotopic (exact) mass is 470 g/mol. The Morgan fingerprint density at radius 2 is 1.77 bits per heavy atom. The van der Waals surface area contributed by atoms with Crippen molar-refractivity contribution < 1.29 is 18.4 Å². The van der Waals surface area contributed by atoms with Gasteiger partial charge in [-0.3, -0.25) is 4.90 Å². The van der Waals surface area contributed by atoms with Crippen LogP contribution in [0.5, 0.6) is 5.75 Å². The Morgan fingerprint density at radius 1 is 1.03 bits per heavy atom. The molecule has 176 valence electrons. The number of anilines is 1. The highest BCUT2D eigenvalue weighted by Gasteiger charge is 2.36. The van der Waals surface area contributed by atoms with Crippen molar-refractivity contribution in [3.8, 4) is 17.1 Å². The maximum atomic E-state index is 13.8. The van der Waals surface area contributed by atoms with Crippen LogP contribution in [0.2, 0.25) is 0 Å². The lowest BCUT2D eigenvalue weighted by molar-refractivity contribution is 0.244. The van der Waals surface area contributed by atoms with E-state index in [0.29, 0.717) is 28.3 Å². The summed E-state index contributed by atoms with van der Waals surface area (Å²) < 4.78 is 24.7. The maximum absolute atomic E-state index is 13.8. The first-order valence-corrected chi connectivity index (χ1v) is 11.1. The normalized spacial score (nSPS) is 15.8. The Morgan fingerprint density at radius 3 is 2.46 bits per heavy atom. The molecule has 3 aromatic carbocycles. The minimum absolute atomic E-state index is 0.242. The van der Waals surface area contributed by atoms with Crippen LogP contribution in [-0.4, -0.2) is 23.3 Å². The highest BCUT2D eigenvalue weighted by atomic mass is 19.1. The molecule has 1 unspecified atom stereocenters. The van der Waals surface area contributed by atoms with Gasteiger partial charge in [-0.15, -0.1) is 0 Å². The Balaban J connectivity index is 1.64. The number of methoxy groups -OCH3 is 1. The molecule has 1 aliphatic heterocycles. The second-order valence-electron chi connectivity index (χ2n) is 8.26. The average Bonchev–Trinajstić information content (AvgIpc) is 3.34. The number of hydrogen-bond acceptors (Lipinski definition) is 5. The van der Waals surface area contributed by atoms with E-state index in [4.69, 9.17) is 9.26 Å². The molecule has 0 radical (unpaired) electrons. The minimum Gasteiger partial charge on any atom is -0.497 e. The molecule has 0 aliphatic carbocycles. The van der Waals surface area contributed by atoms with Gasteiger partial charge in [-0.05, 0) is 55.8 Å². The predicted octanol–water partition coefficient (Wildman–Crippen LogP) is 5.89. The van der Waals surface area contributed by atoms with Crippen molar-refractivity contribution in [2.75, 3.05) is 12.0 Å². The smallest absolute Gasteiger partial charge is 0.326 e. The largest absolute Gasteiger partial charge is 0.497 e. The molecule has 35 heavy (non-hydrogen) atoms. The van der Waals surface area contributed by atoms with Crippen molar-refractivity contribution in [3.63, 3.8) is 0 Å². The van der Waals surface area contributed by atoms with E-state index < -0.39 is 11.9 Å². The third kappa shape index (κ3) is 4.26. The third-order valence-electron chi connectivity index (χ3n) is 5.97. The number of amides is 2. The summed E-state index contributed by atoms with van der Waals surface area (Å²) in [4.78, 5) is 19.4. The van der Waals surface area contributed by atoms with Crippen LogP contribution in [0.15, 0.2) is 83.0 Å². The number of nitrogens with one attached hydrogen (secondary N) is 1. The Labute approximate surface area is 201 Å². The van der Waals surface area contributed by atoms with E-state index in [-0.39, 0.29) is 17.7 Å². The van der Waals surface area contributed by atoms with Gasteiger partial charge < -0.3 is 14.6 Å². The summed E-state index contributed by atoms with van der Waals surface area (Å²) in [6, 6.07) is 20.3. The van der Waals surface area contributed by atoms with Gasteiger partial charge in [0.25, 0.3) is 5.89 Å². The van der Waals surface area contributed by atoms with Gasteiger partial charge in [-0.2, -0.15) is 4.98 Å². The van der Waals surface area contributed by atoms with E-state index in [2.05, 4.69) is 15.5 Å². The predicted molar refractivity (Wildman–Crippen MR) is 130 cm³/mol. The Hall–Kier alpha value is -4.46. The molecule has 1 aliphatic rings. The molecule has 1 N–H and O–H groups in total. The Kier molecular flexibility index (Phi) is 5.78. The molecule has 2 amide bonds. The number of urea groups is 1. The van der Waals surface area contributed by atoms with Crippen molar-refractivity contribution in [3.05, 3.63) is 101 Å². The summed E-state index contributed by atoms with van der Waals surface area (Å²) in [5.41, 5.74) is 4.42. The maximum Gasteiger partial charge on any atom is 0.326 e. The van der Waals surface area contributed by atoms with Crippen molar-refractivity contribution >= 4 is 17.3 Å². The van der Waals surface area contributed by atoms with Crippen LogP contribution >= 0.6 is 0 Å². The molecule has 1 aromatic heterocycles. The van der Waals surface area contributed by atoms with Gasteiger partial charge in [0, 0.05) is 11.3 Å².